The molecular formula is C14H18N4O. The lowest BCUT2D eigenvalue weighted by molar-refractivity contribution is 0.1000. The molecule has 0 unspecified atom stereocenters. The second kappa shape index (κ2) is 5.56. The van der Waals surface area contributed by atoms with Crippen LogP contribution in [0.3, 0.4) is 0 Å². The molecule has 2 aromatic rings. The van der Waals surface area contributed by atoms with Crippen LogP contribution in [0.1, 0.15) is 28.5 Å². The highest BCUT2D eigenvalue weighted by atomic mass is 16.1. The zero-order valence-corrected chi connectivity index (χ0v) is 11.2. The van der Waals surface area contributed by atoms with Gasteiger partial charge in [-0.3, -0.25) is 4.79 Å². The summed E-state index contributed by atoms with van der Waals surface area (Å²) >= 11 is 0. The highest BCUT2D eigenvalue weighted by molar-refractivity contribution is 5.93. The molecule has 0 aliphatic carbocycles. The Labute approximate surface area is 112 Å². The Kier molecular flexibility index (Phi) is 3.85. The van der Waals surface area contributed by atoms with Crippen molar-refractivity contribution in [3.8, 4) is 0 Å². The van der Waals surface area contributed by atoms with Gasteiger partial charge in [0.2, 0.25) is 5.91 Å². The third-order valence-electron chi connectivity index (χ3n) is 3.11. The molecule has 0 fully saturated rings. The number of rotatable bonds is 5. The predicted molar refractivity (Wildman–Crippen MR) is 74.9 cm³/mol. The third kappa shape index (κ3) is 2.93. The van der Waals surface area contributed by atoms with E-state index in [0.717, 1.165) is 23.5 Å². The number of nitrogens with two attached hydrogens (primary N) is 1. The first-order valence-corrected chi connectivity index (χ1v) is 6.25. The van der Waals surface area contributed by atoms with Crippen LogP contribution in [0.25, 0.3) is 0 Å². The average Bonchev–Trinajstić information content (AvgIpc) is 2.84. The largest absolute Gasteiger partial charge is 0.379 e. The summed E-state index contributed by atoms with van der Waals surface area (Å²) in [6.07, 6.45) is 3.67. The molecule has 1 amide bonds. The summed E-state index contributed by atoms with van der Waals surface area (Å²) < 4.78 is 2.08. The Hall–Kier alpha value is -2.30. The van der Waals surface area contributed by atoms with Crippen molar-refractivity contribution in [2.24, 2.45) is 5.73 Å². The molecule has 0 aliphatic heterocycles. The van der Waals surface area contributed by atoms with Gasteiger partial charge < -0.3 is 15.6 Å². The second-order valence-electron chi connectivity index (χ2n) is 4.42. The maximum absolute atomic E-state index is 11.1. The zero-order chi connectivity index (χ0) is 13.8. The minimum Gasteiger partial charge on any atom is -0.379 e. The lowest BCUT2D eigenvalue weighted by atomic mass is 10.1. The number of hydrogen-bond donors (Lipinski definition) is 2. The Morgan fingerprint density at radius 3 is 2.89 bits per heavy atom. The van der Waals surface area contributed by atoms with Crippen LogP contribution in [0.4, 0.5) is 5.69 Å². The maximum atomic E-state index is 11.1. The lowest BCUT2D eigenvalue weighted by Gasteiger charge is -2.11. The van der Waals surface area contributed by atoms with Gasteiger partial charge in [0.05, 0.1) is 18.6 Å². The first kappa shape index (κ1) is 13.1. The molecule has 0 bridgehead atoms. The van der Waals surface area contributed by atoms with E-state index in [1.807, 2.05) is 25.5 Å². The number of nitrogens with one attached hydrogen (secondary N) is 1. The monoisotopic (exact) mass is 258 g/mol. The smallest absolute Gasteiger partial charge is 0.248 e. The molecule has 2 rings (SSSR count). The van der Waals surface area contributed by atoms with Gasteiger partial charge in [0.25, 0.3) is 0 Å². The quantitative estimate of drug-likeness (QED) is 0.860. The number of aromatic nitrogens is 2. The standard InChI is InChI=1S/C14H18N4O/c1-3-18-9-16-7-12(18)8-17-13-5-4-11(14(15)19)6-10(13)2/h4-7,9,17H,3,8H2,1-2H3,(H2,15,19). The summed E-state index contributed by atoms with van der Waals surface area (Å²) in [6.45, 7) is 5.63. The van der Waals surface area contributed by atoms with Gasteiger partial charge in [-0.1, -0.05) is 0 Å². The van der Waals surface area contributed by atoms with Crippen LogP contribution >= 0.6 is 0 Å². The van der Waals surface area contributed by atoms with Gasteiger partial charge in [0, 0.05) is 24.0 Å². The van der Waals surface area contributed by atoms with Crippen molar-refractivity contribution < 1.29 is 4.79 Å². The van der Waals surface area contributed by atoms with Crippen LogP contribution in [-0.2, 0) is 13.1 Å². The van der Waals surface area contributed by atoms with E-state index in [0.29, 0.717) is 12.1 Å². The molecule has 1 aromatic carbocycles. The molecule has 1 heterocycles. The highest BCUT2D eigenvalue weighted by Crippen LogP contribution is 2.17. The van der Waals surface area contributed by atoms with E-state index in [1.54, 1.807) is 12.1 Å². The van der Waals surface area contributed by atoms with E-state index in [2.05, 4.69) is 21.8 Å². The minimum absolute atomic E-state index is 0.404. The van der Waals surface area contributed by atoms with Gasteiger partial charge in [-0.25, -0.2) is 4.98 Å². The Morgan fingerprint density at radius 1 is 1.47 bits per heavy atom. The highest BCUT2D eigenvalue weighted by Gasteiger charge is 2.05. The molecule has 19 heavy (non-hydrogen) atoms. The number of imidazole rings is 1. The fourth-order valence-electron chi connectivity index (χ4n) is 1.98. The summed E-state index contributed by atoms with van der Waals surface area (Å²) in [4.78, 5) is 15.2. The Morgan fingerprint density at radius 2 is 2.26 bits per heavy atom. The van der Waals surface area contributed by atoms with Gasteiger partial charge in [0.15, 0.2) is 0 Å². The fraction of sp³-hybridized carbons (Fsp3) is 0.286. The molecule has 0 saturated heterocycles. The van der Waals surface area contributed by atoms with Gasteiger partial charge in [0.1, 0.15) is 0 Å². The summed E-state index contributed by atoms with van der Waals surface area (Å²) in [6, 6.07) is 5.40. The van der Waals surface area contributed by atoms with E-state index in [9.17, 15) is 4.79 Å². The number of carbonyl (C=O) groups is 1. The molecule has 0 aliphatic rings. The number of aryl methyl sites for hydroxylation is 2. The van der Waals surface area contributed by atoms with Gasteiger partial charge >= 0.3 is 0 Å². The Bertz CT molecular complexity index is 589. The van der Waals surface area contributed by atoms with E-state index < -0.39 is 5.91 Å². The minimum atomic E-state index is -0.404. The number of benzene rings is 1. The van der Waals surface area contributed by atoms with E-state index in [4.69, 9.17) is 5.73 Å². The van der Waals surface area contributed by atoms with Gasteiger partial charge in [-0.15, -0.1) is 0 Å². The summed E-state index contributed by atoms with van der Waals surface area (Å²) in [7, 11) is 0. The van der Waals surface area contributed by atoms with Gasteiger partial charge in [-0.2, -0.15) is 0 Å². The maximum Gasteiger partial charge on any atom is 0.248 e. The number of carbonyl (C=O) groups excluding carboxylic acids is 1. The molecule has 1 aromatic heterocycles. The SMILES string of the molecule is CCn1cncc1CNc1ccc(C(N)=O)cc1C. The zero-order valence-electron chi connectivity index (χ0n) is 11.2. The number of primary amides is 1. The fourth-order valence-corrected chi connectivity index (χ4v) is 1.98. The molecule has 3 N–H and O–H groups in total. The Balaban J connectivity index is 2.10. The van der Waals surface area contributed by atoms with Crippen LogP contribution in [0, 0.1) is 6.92 Å². The molecule has 5 nitrogen and oxygen atoms in total. The van der Waals surface area contributed by atoms with Crippen LogP contribution in [0.15, 0.2) is 30.7 Å². The van der Waals surface area contributed by atoms with Crippen molar-refractivity contribution in [3.05, 3.63) is 47.5 Å². The van der Waals surface area contributed by atoms with Crippen LogP contribution < -0.4 is 11.1 Å². The molecular weight excluding hydrogens is 240 g/mol. The first-order chi connectivity index (χ1) is 9.11. The molecule has 5 heteroatoms. The van der Waals surface area contributed by atoms with Crippen molar-refractivity contribution in [2.75, 3.05) is 5.32 Å². The molecule has 100 valence electrons. The summed E-state index contributed by atoms with van der Waals surface area (Å²) in [5, 5.41) is 3.34. The first-order valence-electron chi connectivity index (χ1n) is 6.25. The molecule has 0 radical (unpaired) electrons. The molecule has 0 saturated carbocycles. The molecule has 0 atom stereocenters. The second-order valence-corrected chi connectivity index (χ2v) is 4.42. The topological polar surface area (TPSA) is 72.9 Å². The number of nitrogens with zero attached hydrogens (tertiary/aromatic N) is 2. The van der Waals surface area contributed by atoms with E-state index in [1.165, 1.54) is 0 Å². The predicted octanol–water partition coefficient (Wildman–Crippen LogP) is 1.92. The van der Waals surface area contributed by atoms with Crippen LogP contribution in [0.2, 0.25) is 0 Å². The molecule has 0 spiro atoms. The van der Waals surface area contributed by atoms with Gasteiger partial charge in [-0.05, 0) is 37.6 Å². The van der Waals surface area contributed by atoms with Crippen molar-refractivity contribution in [1.82, 2.24) is 9.55 Å². The van der Waals surface area contributed by atoms with Crippen LogP contribution in [-0.4, -0.2) is 15.5 Å². The van der Waals surface area contributed by atoms with Crippen molar-refractivity contribution in [1.29, 1.82) is 0 Å². The number of hydrogen-bond acceptors (Lipinski definition) is 3. The lowest BCUT2D eigenvalue weighted by Crippen LogP contribution is -2.12. The van der Waals surface area contributed by atoms with Crippen LogP contribution in [0.5, 0.6) is 0 Å². The van der Waals surface area contributed by atoms with Crippen molar-refractivity contribution in [2.45, 2.75) is 26.9 Å². The number of anilines is 1. The normalized spacial score (nSPS) is 10.4. The van der Waals surface area contributed by atoms with Crippen molar-refractivity contribution in [3.63, 3.8) is 0 Å². The van der Waals surface area contributed by atoms with E-state index in [-0.39, 0.29) is 0 Å². The van der Waals surface area contributed by atoms with E-state index >= 15 is 0 Å². The number of amides is 1. The third-order valence-corrected chi connectivity index (χ3v) is 3.11. The van der Waals surface area contributed by atoms with Crippen molar-refractivity contribution >= 4 is 11.6 Å². The summed E-state index contributed by atoms with van der Waals surface area (Å²) in [5.41, 5.74) is 8.90. The average molecular weight is 258 g/mol. The summed E-state index contributed by atoms with van der Waals surface area (Å²) in [5.74, 6) is -0.404.